The molecule has 0 bridgehead atoms. The Kier molecular flexibility index (Phi) is 6.67. The van der Waals surface area contributed by atoms with Crippen LogP contribution in [0, 0.1) is 0 Å². The van der Waals surface area contributed by atoms with Crippen LogP contribution < -0.4 is 10.1 Å². The molecule has 8 heteroatoms. The van der Waals surface area contributed by atoms with Gasteiger partial charge in [-0.05, 0) is 55.3 Å². The number of methoxy groups -OCH3 is 1. The van der Waals surface area contributed by atoms with E-state index >= 15 is 0 Å². The van der Waals surface area contributed by atoms with Crippen molar-refractivity contribution in [2.24, 2.45) is 0 Å². The van der Waals surface area contributed by atoms with Crippen molar-refractivity contribution in [3.05, 3.63) is 68.7 Å². The van der Waals surface area contributed by atoms with E-state index in [9.17, 15) is 14.7 Å². The maximum atomic E-state index is 13.6. The highest BCUT2D eigenvalue weighted by Crippen LogP contribution is 2.47. The number of hydrogen-bond acceptors (Lipinski definition) is 8. The van der Waals surface area contributed by atoms with E-state index in [2.05, 4.69) is 11.4 Å². The zero-order valence-corrected chi connectivity index (χ0v) is 20.7. The lowest BCUT2D eigenvalue weighted by Gasteiger charge is -2.36. The molecular formula is C27H29NO6S. The first-order valence-corrected chi connectivity index (χ1v) is 12.8. The van der Waals surface area contributed by atoms with Crippen molar-refractivity contribution in [2.75, 3.05) is 20.3 Å². The van der Waals surface area contributed by atoms with E-state index < -0.39 is 11.9 Å². The number of esters is 1. The molecule has 0 saturated carbocycles. The minimum absolute atomic E-state index is 0.00433. The number of phenolic OH excluding ortho intramolecular Hbond substituents is 1. The fourth-order valence-corrected chi connectivity index (χ4v) is 6.09. The van der Waals surface area contributed by atoms with Gasteiger partial charge in [-0.3, -0.25) is 4.79 Å². The van der Waals surface area contributed by atoms with Crippen LogP contribution >= 0.6 is 11.3 Å². The van der Waals surface area contributed by atoms with Crippen LogP contribution in [0.25, 0.3) is 0 Å². The van der Waals surface area contributed by atoms with Gasteiger partial charge < -0.3 is 24.6 Å². The Morgan fingerprint density at radius 2 is 2.14 bits per heavy atom. The van der Waals surface area contributed by atoms with E-state index in [1.54, 1.807) is 23.5 Å². The van der Waals surface area contributed by atoms with Crippen molar-refractivity contribution in [3.8, 4) is 11.5 Å². The maximum absolute atomic E-state index is 13.6. The zero-order valence-electron chi connectivity index (χ0n) is 19.8. The molecule has 3 atom stereocenters. The number of thiophene rings is 1. The van der Waals surface area contributed by atoms with Gasteiger partial charge in [0.25, 0.3) is 0 Å². The highest BCUT2D eigenvalue weighted by molar-refractivity contribution is 7.10. The molecule has 1 aromatic carbocycles. The molecule has 2 N–H and O–H groups in total. The van der Waals surface area contributed by atoms with Gasteiger partial charge in [-0.25, -0.2) is 4.79 Å². The van der Waals surface area contributed by atoms with E-state index in [1.807, 2.05) is 18.4 Å². The minimum atomic E-state index is -0.616. The van der Waals surface area contributed by atoms with Gasteiger partial charge in [0.1, 0.15) is 6.61 Å². The Morgan fingerprint density at radius 3 is 2.86 bits per heavy atom. The van der Waals surface area contributed by atoms with Gasteiger partial charge >= 0.3 is 5.97 Å². The lowest BCUT2D eigenvalue weighted by Crippen LogP contribution is -2.36. The van der Waals surface area contributed by atoms with Crippen molar-refractivity contribution in [1.29, 1.82) is 0 Å². The average Bonchev–Trinajstić information content (AvgIpc) is 3.56. The molecule has 7 nitrogen and oxygen atoms in total. The summed E-state index contributed by atoms with van der Waals surface area (Å²) in [6.07, 6.45) is 2.78. The minimum Gasteiger partial charge on any atom is -0.504 e. The van der Waals surface area contributed by atoms with Gasteiger partial charge in [0.15, 0.2) is 17.3 Å². The average molecular weight is 496 g/mol. The molecule has 0 spiro atoms. The molecule has 184 valence electrons. The van der Waals surface area contributed by atoms with E-state index in [0.717, 1.165) is 18.5 Å². The third-order valence-electron chi connectivity index (χ3n) is 6.95. The van der Waals surface area contributed by atoms with Gasteiger partial charge in [-0.2, -0.15) is 0 Å². The number of Topliss-reactive ketones (excluding diaryl/α,β-unsaturated/α-hetero) is 1. The Morgan fingerprint density at radius 1 is 1.29 bits per heavy atom. The molecular weight excluding hydrogens is 466 g/mol. The molecule has 35 heavy (non-hydrogen) atoms. The summed E-state index contributed by atoms with van der Waals surface area (Å²) >= 11 is 1.65. The van der Waals surface area contributed by atoms with Gasteiger partial charge in [0.2, 0.25) is 0 Å². The predicted molar refractivity (Wildman–Crippen MR) is 131 cm³/mol. The summed E-state index contributed by atoms with van der Waals surface area (Å²) in [5, 5.41) is 15.6. The lowest BCUT2D eigenvalue weighted by atomic mass is 9.72. The van der Waals surface area contributed by atoms with Crippen LogP contribution in [0.5, 0.6) is 11.5 Å². The Labute approximate surface area is 208 Å². The number of dihydropyridines is 1. The number of allylic oxidation sites excluding steroid dienone is 3. The number of rotatable bonds is 6. The summed E-state index contributed by atoms with van der Waals surface area (Å²) < 4.78 is 16.6. The molecule has 2 aromatic rings. The number of nitrogens with one attached hydrogen (secondary N) is 1. The third kappa shape index (κ3) is 4.60. The molecule has 5 rings (SSSR count). The fourth-order valence-electron chi connectivity index (χ4n) is 5.26. The SMILES string of the molecule is COc1cc([C@H]2C(C(=O)OC[C@@H]3CCCO3)=C(C)NC3=C2C(=O)C[C@@H](c2cccs2)C3)ccc1O. The zero-order chi connectivity index (χ0) is 24.5. The molecule has 3 heterocycles. The predicted octanol–water partition coefficient (Wildman–Crippen LogP) is 4.55. The van der Waals surface area contributed by atoms with Crippen molar-refractivity contribution >= 4 is 23.1 Å². The number of carbonyl (C=O) groups is 2. The molecule has 2 aliphatic heterocycles. The quantitative estimate of drug-likeness (QED) is 0.568. The molecule has 3 aliphatic rings. The van der Waals surface area contributed by atoms with Crippen molar-refractivity contribution in [3.63, 3.8) is 0 Å². The summed E-state index contributed by atoms with van der Waals surface area (Å²) in [5.41, 5.74) is 3.18. The van der Waals surface area contributed by atoms with E-state index in [-0.39, 0.29) is 35.9 Å². The number of benzene rings is 1. The van der Waals surface area contributed by atoms with Crippen LogP contribution in [0.2, 0.25) is 0 Å². The van der Waals surface area contributed by atoms with E-state index in [0.29, 0.717) is 41.9 Å². The summed E-state index contributed by atoms with van der Waals surface area (Å²) in [4.78, 5) is 28.2. The van der Waals surface area contributed by atoms with E-state index in [1.165, 1.54) is 18.1 Å². The highest BCUT2D eigenvalue weighted by atomic mass is 32.1. The normalized spacial score (nSPS) is 24.3. The van der Waals surface area contributed by atoms with E-state index in [4.69, 9.17) is 14.2 Å². The summed E-state index contributed by atoms with van der Waals surface area (Å²) in [7, 11) is 1.47. The number of ether oxygens (including phenoxy) is 3. The molecule has 0 unspecified atom stereocenters. The van der Waals surface area contributed by atoms with Crippen molar-refractivity contribution in [1.82, 2.24) is 5.32 Å². The molecule has 0 amide bonds. The smallest absolute Gasteiger partial charge is 0.336 e. The second kappa shape index (κ2) is 9.87. The standard InChI is InChI=1S/C27H29NO6S/c1-15-24(27(31)34-14-18-5-3-9-33-18)25(16-7-8-20(29)22(13-16)32-2)26-19(28-15)11-17(12-21(26)30)23-6-4-10-35-23/h4,6-8,10,13,17-18,25,28-29H,3,5,9,11-12,14H2,1-2H3/t17-,18-,25-/m0/s1. The first-order chi connectivity index (χ1) is 17.0. The van der Waals surface area contributed by atoms with Gasteiger partial charge in [0.05, 0.1) is 18.8 Å². The number of ketones is 1. The van der Waals surface area contributed by atoms with Crippen molar-refractivity contribution < 1.29 is 28.9 Å². The van der Waals surface area contributed by atoms with Crippen LogP contribution in [0.1, 0.15) is 54.9 Å². The molecule has 1 saturated heterocycles. The molecule has 1 aromatic heterocycles. The lowest BCUT2D eigenvalue weighted by molar-refractivity contribution is -0.142. The van der Waals surface area contributed by atoms with Gasteiger partial charge in [-0.1, -0.05) is 12.1 Å². The van der Waals surface area contributed by atoms with Gasteiger partial charge in [0, 0.05) is 46.7 Å². The molecule has 0 radical (unpaired) electrons. The van der Waals surface area contributed by atoms with Crippen LogP contribution in [0.15, 0.2) is 58.3 Å². The number of aromatic hydroxyl groups is 1. The number of carbonyl (C=O) groups excluding carboxylic acids is 2. The summed E-state index contributed by atoms with van der Waals surface area (Å²) in [5.74, 6) is -0.699. The van der Waals surface area contributed by atoms with Crippen LogP contribution in [0.3, 0.4) is 0 Å². The second-order valence-electron chi connectivity index (χ2n) is 9.20. The van der Waals surface area contributed by atoms with Crippen LogP contribution in [-0.4, -0.2) is 43.3 Å². The monoisotopic (exact) mass is 495 g/mol. The molecule has 1 fully saturated rings. The number of hydrogen-bond donors (Lipinski definition) is 2. The third-order valence-corrected chi connectivity index (χ3v) is 7.99. The first kappa shape index (κ1) is 23.6. The molecule has 1 aliphatic carbocycles. The Balaban J connectivity index is 1.53. The summed E-state index contributed by atoms with van der Waals surface area (Å²) in [6.45, 7) is 2.70. The number of phenols is 1. The topological polar surface area (TPSA) is 94.1 Å². The Hall–Kier alpha value is -3.10. The highest BCUT2D eigenvalue weighted by Gasteiger charge is 2.42. The summed E-state index contributed by atoms with van der Waals surface area (Å²) in [6, 6.07) is 9.02. The fraction of sp³-hybridized carbons (Fsp3) is 0.407. The maximum Gasteiger partial charge on any atom is 0.336 e. The second-order valence-corrected chi connectivity index (χ2v) is 10.2. The van der Waals surface area contributed by atoms with Gasteiger partial charge in [-0.15, -0.1) is 11.3 Å². The van der Waals surface area contributed by atoms with Crippen molar-refractivity contribution in [2.45, 2.75) is 50.5 Å². The largest absolute Gasteiger partial charge is 0.504 e. The van der Waals surface area contributed by atoms with Crippen LogP contribution in [0.4, 0.5) is 0 Å². The van der Waals surface area contributed by atoms with Crippen LogP contribution in [-0.2, 0) is 19.1 Å². The first-order valence-electron chi connectivity index (χ1n) is 11.9. The Bertz CT molecular complexity index is 1190.